The maximum Gasteiger partial charge on any atom is 0.311 e. The van der Waals surface area contributed by atoms with Crippen molar-refractivity contribution in [3.8, 4) is 0 Å². The van der Waals surface area contributed by atoms with Gasteiger partial charge in [-0.2, -0.15) is 0 Å². The minimum Gasteiger partial charge on any atom is -0.469 e. The van der Waals surface area contributed by atoms with E-state index in [2.05, 4.69) is 28.4 Å². The van der Waals surface area contributed by atoms with E-state index in [1.807, 2.05) is 13.8 Å². The summed E-state index contributed by atoms with van der Waals surface area (Å²) in [6.45, 7) is 7.94. The number of esters is 1. The Morgan fingerprint density at radius 2 is 2.00 bits per heavy atom. The van der Waals surface area contributed by atoms with Crippen LogP contribution in [0.3, 0.4) is 0 Å². The van der Waals surface area contributed by atoms with Crippen LogP contribution >= 0.6 is 0 Å². The number of rotatable bonds is 3. The van der Waals surface area contributed by atoms with Crippen molar-refractivity contribution in [3.63, 3.8) is 0 Å². The zero-order valence-electron chi connectivity index (χ0n) is 14.5. The molecule has 1 aromatic rings. The van der Waals surface area contributed by atoms with Crippen molar-refractivity contribution in [3.05, 3.63) is 34.9 Å². The van der Waals surface area contributed by atoms with Gasteiger partial charge in [0.1, 0.15) is 0 Å². The van der Waals surface area contributed by atoms with E-state index in [1.54, 1.807) is 0 Å². The van der Waals surface area contributed by atoms with Crippen molar-refractivity contribution in [1.82, 2.24) is 10.2 Å². The van der Waals surface area contributed by atoms with Crippen LogP contribution in [0.2, 0.25) is 0 Å². The predicted octanol–water partition coefficient (Wildman–Crippen LogP) is 2.49. The van der Waals surface area contributed by atoms with Crippen LogP contribution in [0.25, 0.3) is 0 Å². The van der Waals surface area contributed by atoms with Gasteiger partial charge in [0.15, 0.2) is 0 Å². The summed E-state index contributed by atoms with van der Waals surface area (Å²) in [6, 6.07) is 7.56. The van der Waals surface area contributed by atoms with Gasteiger partial charge in [0.2, 0.25) is 0 Å². The molecule has 0 aromatic heterocycles. The van der Waals surface area contributed by atoms with Crippen LogP contribution in [0.5, 0.6) is 0 Å². The van der Waals surface area contributed by atoms with E-state index in [4.69, 9.17) is 4.74 Å². The molecule has 0 spiro atoms. The number of carbonyl (C=O) groups is 1. The van der Waals surface area contributed by atoms with Gasteiger partial charge in [-0.1, -0.05) is 32.0 Å². The van der Waals surface area contributed by atoms with Gasteiger partial charge in [-0.25, -0.2) is 0 Å². The van der Waals surface area contributed by atoms with Crippen molar-refractivity contribution < 1.29 is 9.53 Å². The maximum absolute atomic E-state index is 11.5. The molecule has 2 saturated heterocycles. The Morgan fingerprint density at radius 3 is 2.61 bits per heavy atom. The third-order valence-corrected chi connectivity index (χ3v) is 5.35. The Labute approximate surface area is 139 Å². The number of carbonyl (C=O) groups excluding carboxylic acids is 1. The van der Waals surface area contributed by atoms with E-state index in [0.717, 1.165) is 26.2 Å². The van der Waals surface area contributed by atoms with Crippen LogP contribution < -0.4 is 5.32 Å². The van der Waals surface area contributed by atoms with Crippen molar-refractivity contribution >= 4 is 5.97 Å². The summed E-state index contributed by atoms with van der Waals surface area (Å²) in [6.07, 6.45) is 2.36. The smallest absolute Gasteiger partial charge is 0.311 e. The molecule has 126 valence electrons. The second-order valence-electron chi connectivity index (χ2n) is 6.54. The molecule has 1 aliphatic carbocycles. The van der Waals surface area contributed by atoms with Crippen molar-refractivity contribution in [1.29, 1.82) is 0 Å². The zero-order valence-corrected chi connectivity index (χ0v) is 14.5. The molecule has 23 heavy (non-hydrogen) atoms. The van der Waals surface area contributed by atoms with Gasteiger partial charge in [-0.05, 0) is 29.5 Å². The average Bonchev–Trinajstić information content (AvgIpc) is 2.89. The molecule has 4 nitrogen and oxygen atoms in total. The Kier molecular flexibility index (Phi) is 5.02. The summed E-state index contributed by atoms with van der Waals surface area (Å²) < 4.78 is 4.82. The molecular weight excluding hydrogens is 288 g/mol. The average molecular weight is 316 g/mol. The third-order valence-electron chi connectivity index (χ3n) is 5.35. The maximum atomic E-state index is 11.5. The molecule has 4 rings (SSSR count). The molecule has 1 N–H and O–H groups in total. The predicted molar refractivity (Wildman–Crippen MR) is 91.5 cm³/mol. The number of ether oxygens (including phenoxy) is 1. The SMILES string of the molecule is CC.COC(=O)C1CN(C2CCc3cc(C4CNC4)ccc32)C1. The fourth-order valence-electron chi connectivity index (χ4n) is 3.86. The molecule has 1 unspecified atom stereocenters. The summed E-state index contributed by atoms with van der Waals surface area (Å²) in [4.78, 5) is 13.9. The van der Waals surface area contributed by atoms with Crippen LogP contribution in [0.1, 0.15) is 48.9 Å². The Balaban J connectivity index is 0.000000753. The number of aryl methyl sites for hydroxylation is 1. The molecule has 2 aliphatic heterocycles. The fourth-order valence-corrected chi connectivity index (χ4v) is 3.86. The number of likely N-dealkylation sites (tertiary alicyclic amines) is 1. The first-order valence-electron chi connectivity index (χ1n) is 8.91. The lowest BCUT2D eigenvalue weighted by atomic mass is 9.90. The lowest BCUT2D eigenvalue weighted by Crippen LogP contribution is -2.51. The van der Waals surface area contributed by atoms with Crippen molar-refractivity contribution in [2.45, 2.75) is 38.6 Å². The normalized spacial score (nSPS) is 24.0. The molecule has 0 radical (unpaired) electrons. The molecule has 2 fully saturated rings. The Hall–Kier alpha value is -1.39. The van der Waals surface area contributed by atoms with Crippen molar-refractivity contribution in [2.24, 2.45) is 5.92 Å². The minimum absolute atomic E-state index is 0.0581. The van der Waals surface area contributed by atoms with Crippen LogP contribution in [0, 0.1) is 5.92 Å². The molecule has 1 aromatic carbocycles. The first-order valence-corrected chi connectivity index (χ1v) is 8.91. The Bertz CT molecular complexity index is 562. The number of fused-ring (bicyclic) bond motifs is 1. The molecule has 0 saturated carbocycles. The van der Waals surface area contributed by atoms with E-state index in [0.29, 0.717) is 12.0 Å². The topological polar surface area (TPSA) is 41.6 Å². The first-order chi connectivity index (χ1) is 11.3. The van der Waals surface area contributed by atoms with Gasteiger partial charge in [0, 0.05) is 38.1 Å². The number of hydrogen-bond donors (Lipinski definition) is 1. The van der Waals surface area contributed by atoms with E-state index >= 15 is 0 Å². The number of benzene rings is 1. The highest BCUT2D eigenvalue weighted by Crippen LogP contribution is 2.40. The summed E-state index contributed by atoms with van der Waals surface area (Å²) in [7, 11) is 1.48. The van der Waals surface area contributed by atoms with Gasteiger partial charge < -0.3 is 10.1 Å². The summed E-state index contributed by atoms with van der Waals surface area (Å²) >= 11 is 0. The van der Waals surface area contributed by atoms with Crippen LogP contribution in [0.4, 0.5) is 0 Å². The van der Waals surface area contributed by atoms with Crippen molar-refractivity contribution in [2.75, 3.05) is 33.3 Å². The van der Waals surface area contributed by atoms with Gasteiger partial charge in [-0.15, -0.1) is 0 Å². The molecule has 4 heteroatoms. The van der Waals surface area contributed by atoms with Gasteiger partial charge in [0.25, 0.3) is 0 Å². The van der Waals surface area contributed by atoms with Gasteiger partial charge in [0.05, 0.1) is 13.0 Å². The van der Waals surface area contributed by atoms with Crippen LogP contribution in [-0.4, -0.2) is 44.2 Å². The summed E-state index contributed by atoms with van der Waals surface area (Å²) in [5, 5.41) is 3.34. The fraction of sp³-hybridized carbons (Fsp3) is 0.632. The molecule has 2 heterocycles. The third kappa shape index (κ3) is 3.02. The van der Waals surface area contributed by atoms with E-state index in [9.17, 15) is 4.79 Å². The molecule has 0 bridgehead atoms. The number of nitrogens with one attached hydrogen (secondary N) is 1. The molecule has 3 aliphatic rings. The van der Waals surface area contributed by atoms with Gasteiger partial charge >= 0.3 is 5.97 Å². The van der Waals surface area contributed by atoms with E-state index in [1.165, 1.54) is 36.6 Å². The van der Waals surface area contributed by atoms with Crippen LogP contribution in [0.15, 0.2) is 18.2 Å². The van der Waals surface area contributed by atoms with E-state index in [-0.39, 0.29) is 11.9 Å². The molecular formula is C19H28N2O2. The van der Waals surface area contributed by atoms with Crippen LogP contribution in [-0.2, 0) is 16.0 Å². The Morgan fingerprint density at radius 1 is 1.26 bits per heavy atom. The van der Waals surface area contributed by atoms with Gasteiger partial charge in [-0.3, -0.25) is 9.69 Å². The first kappa shape index (κ1) is 16.5. The lowest BCUT2D eigenvalue weighted by Gasteiger charge is -2.42. The summed E-state index contributed by atoms with van der Waals surface area (Å²) in [5.74, 6) is 0.735. The number of nitrogens with zero attached hydrogens (tertiary/aromatic N) is 1. The quantitative estimate of drug-likeness (QED) is 0.870. The second-order valence-corrected chi connectivity index (χ2v) is 6.54. The highest BCUT2D eigenvalue weighted by atomic mass is 16.5. The number of methoxy groups -OCH3 is 1. The lowest BCUT2D eigenvalue weighted by molar-refractivity contribution is -0.152. The second kappa shape index (κ2) is 7.02. The minimum atomic E-state index is -0.0581. The zero-order chi connectivity index (χ0) is 16.4. The summed E-state index contributed by atoms with van der Waals surface area (Å²) in [5.41, 5.74) is 4.49. The standard InChI is InChI=1S/C17H22N2O2.C2H6/c1-21-17(20)14-9-19(10-14)16-5-3-12-6-11(2-4-15(12)16)13-7-18-8-13;1-2/h2,4,6,13-14,16,18H,3,5,7-10H2,1H3;1-2H3. The molecule has 1 atom stereocenters. The molecule has 0 amide bonds. The largest absolute Gasteiger partial charge is 0.469 e. The van der Waals surface area contributed by atoms with E-state index < -0.39 is 0 Å². The highest BCUT2D eigenvalue weighted by molar-refractivity contribution is 5.73. The highest BCUT2D eigenvalue weighted by Gasteiger charge is 2.40. The monoisotopic (exact) mass is 316 g/mol. The number of hydrogen-bond acceptors (Lipinski definition) is 4.